The number of anilines is 2. The molecule has 6 nitrogen and oxygen atoms in total. The molecule has 6 heteroatoms. The van der Waals surface area contributed by atoms with Crippen LogP contribution in [0.15, 0.2) is 48.5 Å². The average molecular weight is 409 g/mol. The summed E-state index contributed by atoms with van der Waals surface area (Å²) in [5, 5.41) is 5.52. The molecule has 3 rings (SSSR count). The molecule has 160 valence electrons. The normalized spacial score (nSPS) is 15.0. The number of nitrogens with zero attached hydrogens (tertiary/aromatic N) is 2. The Hall–Kier alpha value is -2.86. The van der Waals surface area contributed by atoms with Gasteiger partial charge in [-0.15, -0.1) is 0 Å². The summed E-state index contributed by atoms with van der Waals surface area (Å²) < 4.78 is 0. The van der Waals surface area contributed by atoms with E-state index in [1.54, 1.807) is 12.1 Å². The Labute approximate surface area is 179 Å². The lowest BCUT2D eigenvalue weighted by Crippen LogP contribution is -2.44. The van der Waals surface area contributed by atoms with Gasteiger partial charge in [-0.1, -0.05) is 32.9 Å². The molecule has 0 aliphatic carbocycles. The van der Waals surface area contributed by atoms with Gasteiger partial charge in [0, 0.05) is 43.1 Å². The first-order chi connectivity index (χ1) is 14.2. The van der Waals surface area contributed by atoms with E-state index in [0.717, 1.165) is 43.1 Å². The minimum absolute atomic E-state index is 0.0365. The summed E-state index contributed by atoms with van der Waals surface area (Å²) in [7, 11) is 2.13. The second kappa shape index (κ2) is 9.30. The SMILES string of the molecule is CN1CCN(c2ccc(NC(=O)CNC(=O)c3ccc(C(C)(C)C)cc3)cc2)CC1. The minimum Gasteiger partial charge on any atom is -0.369 e. The van der Waals surface area contributed by atoms with Gasteiger partial charge in [-0.2, -0.15) is 0 Å². The third-order valence-electron chi connectivity index (χ3n) is 5.44. The topological polar surface area (TPSA) is 64.7 Å². The van der Waals surface area contributed by atoms with Gasteiger partial charge in [0.05, 0.1) is 6.54 Å². The van der Waals surface area contributed by atoms with Crippen molar-refractivity contribution in [3.8, 4) is 0 Å². The van der Waals surface area contributed by atoms with Crippen LogP contribution in [0, 0.1) is 0 Å². The van der Waals surface area contributed by atoms with E-state index in [2.05, 4.69) is 48.3 Å². The maximum absolute atomic E-state index is 12.3. The van der Waals surface area contributed by atoms with E-state index in [9.17, 15) is 9.59 Å². The molecule has 0 spiro atoms. The van der Waals surface area contributed by atoms with Crippen LogP contribution in [0.1, 0.15) is 36.7 Å². The van der Waals surface area contributed by atoms with Gasteiger partial charge in [0.15, 0.2) is 0 Å². The summed E-state index contributed by atoms with van der Waals surface area (Å²) in [6.07, 6.45) is 0. The Bertz CT molecular complexity index is 862. The van der Waals surface area contributed by atoms with E-state index in [4.69, 9.17) is 0 Å². The highest BCUT2D eigenvalue weighted by Crippen LogP contribution is 2.22. The van der Waals surface area contributed by atoms with Crippen molar-refractivity contribution < 1.29 is 9.59 Å². The molecule has 1 aliphatic rings. The summed E-state index contributed by atoms with van der Waals surface area (Å²) >= 11 is 0. The summed E-state index contributed by atoms with van der Waals surface area (Å²) in [5.41, 5.74) is 3.63. The quantitative estimate of drug-likeness (QED) is 0.798. The smallest absolute Gasteiger partial charge is 0.251 e. The number of carbonyl (C=O) groups excluding carboxylic acids is 2. The molecule has 1 heterocycles. The highest BCUT2D eigenvalue weighted by atomic mass is 16.2. The molecule has 0 bridgehead atoms. The van der Waals surface area contributed by atoms with Crippen LogP contribution in [0.25, 0.3) is 0 Å². The number of benzene rings is 2. The summed E-state index contributed by atoms with van der Waals surface area (Å²) in [4.78, 5) is 29.2. The molecule has 2 amide bonds. The fraction of sp³-hybridized carbons (Fsp3) is 0.417. The maximum atomic E-state index is 12.3. The lowest BCUT2D eigenvalue weighted by atomic mass is 9.87. The molecule has 1 saturated heterocycles. The molecule has 30 heavy (non-hydrogen) atoms. The molecule has 2 aromatic rings. The van der Waals surface area contributed by atoms with Gasteiger partial charge in [0.2, 0.25) is 5.91 Å². The number of rotatable bonds is 5. The van der Waals surface area contributed by atoms with Crippen molar-refractivity contribution >= 4 is 23.2 Å². The van der Waals surface area contributed by atoms with Crippen LogP contribution in [0.4, 0.5) is 11.4 Å². The van der Waals surface area contributed by atoms with E-state index in [1.165, 1.54) is 0 Å². The number of likely N-dealkylation sites (N-methyl/N-ethyl adjacent to an activating group) is 1. The zero-order chi connectivity index (χ0) is 21.7. The van der Waals surface area contributed by atoms with Crippen LogP contribution < -0.4 is 15.5 Å². The number of piperazine rings is 1. The lowest BCUT2D eigenvalue weighted by Gasteiger charge is -2.34. The van der Waals surface area contributed by atoms with E-state index in [1.807, 2.05) is 36.4 Å². The third kappa shape index (κ3) is 5.83. The minimum atomic E-state index is -0.254. The van der Waals surface area contributed by atoms with Gasteiger partial charge in [-0.3, -0.25) is 9.59 Å². The predicted octanol–water partition coefficient (Wildman–Crippen LogP) is 3.10. The molecule has 2 N–H and O–H groups in total. The van der Waals surface area contributed by atoms with Crippen molar-refractivity contribution in [3.05, 3.63) is 59.7 Å². The Morgan fingerprint density at radius 1 is 0.900 bits per heavy atom. The Morgan fingerprint density at radius 2 is 1.50 bits per heavy atom. The number of hydrogen-bond donors (Lipinski definition) is 2. The maximum Gasteiger partial charge on any atom is 0.251 e. The van der Waals surface area contributed by atoms with E-state index in [0.29, 0.717) is 5.56 Å². The van der Waals surface area contributed by atoms with Crippen LogP contribution in [0.2, 0.25) is 0 Å². The lowest BCUT2D eigenvalue weighted by molar-refractivity contribution is -0.115. The van der Waals surface area contributed by atoms with Gasteiger partial charge >= 0.3 is 0 Å². The molecule has 0 unspecified atom stereocenters. The van der Waals surface area contributed by atoms with Gasteiger partial charge in [0.25, 0.3) is 5.91 Å². The first-order valence-electron chi connectivity index (χ1n) is 10.4. The zero-order valence-corrected chi connectivity index (χ0v) is 18.4. The van der Waals surface area contributed by atoms with Crippen molar-refractivity contribution in [2.45, 2.75) is 26.2 Å². The molecule has 1 fully saturated rings. The molecular weight excluding hydrogens is 376 g/mol. The van der Waals surface area contributed by atoms with Crippen LogP contribution >= 0.6 is 0 Å². The molecule has 0 atom stereocenters. The van der Waals surface area contributed by atoms with Crippen molar-refractivity contribution in [2.24, 2.45) is 0 Å². The number of hydrogen-bond acceptors (Lipinski definition) is 4. The fourth-order valence-corrected chi connectivity index (χ4v) is 3.41. The molecule has 0 saturated carbocycles. The van der Waals surface area contributed by atoms with E-state index in [-0.39, 0.29) is 23.8 Å². The third-order valence-corrected chi connectivity index (χ3v) is 5.44. The fourth-order valence-electron chi connectivity index (χ4n) is 3.41. The summed E-state index contributed by atoms with van der Waals surface area (Å²) in [5.74, 6) is -0.502. The first-order valence-corrected chi connectivity index (χ1v) is 10.4. The highest BCUT2D eigenvalue weighted by Gasteiger charge is 2.16. The number of nitrogens with one attached hydrogen (secondary N) is 2. The van der Waals surface area contributed by atoms with E-state index >= 15 is 0 Å². The largest absolute Gasteiger partial charge is 0.369 e. The molecular formula is C24H32N4O2. The highest BCUT2D eigenvalue weighted by molar-refractivity contribution is 5.99. The Balaban J connectivity index is 1.48. The standard InChI is InChI=1S/C24H32N4O2/c1-24(2,3)19-7-5-18(6-8-19)23(30)25-17-22(29)26-20-9-11-21(12-10-20)28-15-13-27(4)14-16-28/h5-12H,13-17H2,1-4H3,(H,25,30)(H,26,29). The monoisotopic (exact) mass is 408 g/mol. The van der Waals surface area contributed by atoms with Gasteiger partial charge in [0.1, 0.15) is 0 Å². The molecule has 0 aromatic heterocycles. The Kier molecular flexibility index (Phi) is 6.77. The second-order valence-electron chi connectivity index (χ2n) is 8.90. The van der Waals surface area contributed by atoms with Crippen LogP contribution in [0.5, 0.6) is 0 Å². The average Bonchev–Trinajstić information content (AvgIpc) is 2.73. The molecule has 0 radical (unpaired) electrons. The van der Waals surface area contributed by atoms with Crippen LogP contribution in [-0.2, 0) is 10.2 Å². The summed E-state index contributed by atoms with van der Waals surface area (Å²) in [6.45, 7) is 10.4. The zero-order valence-electron chi connectivity index (χ0n) is 18.4. The van der Waals surface area contributed by atoms with E-state index < -0.39 is 0 Å². The Morgan fingerprint density at radius 3 is 2.07 bits per heavy atom. The van der Waals surface area contributed by atoms with Gasteiger partial charge in [-0.05, 0) is 54.4 Å². The van der Waals surface area contributed by atoms with Crippen molar-refractivity contribution in [1.29, 1.82) is 0 Å². The van der Waals surface area contributed by atoms with Gasteiger partial charge < -0.3 is 20.4 Å². The number of amides is 2. The molecule has 1 aliphatic heterocycles. The van der Waals surface area contributed by atoms with Gasteiger partial charge in [-0.25, -0.2) is 0 Å². The van der Waals surface area contributed by atoms with Crippen LogP contribution in [-0.4, -0.2) is 56.5 Å². The van der Waals surface area contributed by atoms with Crippen molar-refractivity contribution in [2.75, 3.05) is 50.0 Å². The van der Waals surface area contributed by atoms with Crippen LogP contribution in [0.3, 0.4) is 0 Å². The number of carbonyl (C=O) groups is 2. The predicted molar refractivity (Wildman–Crippen MR) is 122 cm³/mol. The van der Waals surface area contributed by atoms with Crippen molar-refractivity contribution in [3.63, 3.8) is 0 Å². The first kappa shape index (κ1) is 21.8. The molecule has 2 aromatic carbocycles. The van der Waals surface area contributed by atoms with Crippen molar-refractivity contribution in [1.82, 2.24) is 10.2 Å². The second-order valence-corrected chi connectivity index (χ2v) is 8.90. The summed E-state index contributed by atoms with van der Waals surface area (Å²) in [6, 6.07) is 15.4.